The second-order valence-corrected chi connectivity index (χ2v) is 13.6. The van der Waals surface area contributed by atoms with E-state index < -0.39 is 11.0 Å². The summed E-state index contributed by atoms with van der Waals surface area (Å²) < 4.78 is 12.0. The first-order valence-electron chi connectivity index (χ1n) is 14.6. The minimum absolute atomic E-state index is 0.254. The molecule has 0 aliphatic heterocycles. The molecule has 4 fully saturated rings. The molecule has 0 saturated heterocycles. The van der Waals surface area contributed by atoms with Gasteiger partial charge in [-0.25, -0.2) is 0 Å². The molecule has 1 aromatic carbocycles. The lowest BCUT2D eigenvalue weighted by molar-refractivity contribution is -0.200. The summed E-state index contributed by atoms with van der Waals surface area (Å²) in [7, 11) is 0. The Kier molecular flexibility index (Phi) is 6.86. The maximum atomic E-state index is 12.8. The number of hydrogen-bond acceptors (Lipinski definition) is 4. The van der Waals surface area contributed by atoms with E-state index >= 15 is 0 Å². The quantitative estimate of drug-likeness (QED) is 0.434. The van der Waals surface area contributed by atoms with Crippen LogP contribution in [0.15, 0.2) is 30.3 Å². The number of hydrogen-bond donors (Lipinski definition) is 1. The number of carbonyl (C=O) groups excluding carboxylic acids is 1. The summed E-state index contributed by atoms with van der Waals surface area (Å²) in [6.07, 6.45) is 10.2. The van der Waals surface area contributed by atoms with Crippen LogP contribution in [0.5, 0.6) is 0 Å². The van der Waals surface area contributed by atoms with Crippen molar-refractivity contribution in [3.8, 4) is 0 Å². The van der Waals surface area contributed by atoms with Crippen LogP contribution in [0.4, 0.5) is 0 Å². The lowest BCUT2D eigenvalue weighted by atomic mass is 9.43. The molecule has 4 heteroatoms. The summed E-state index contributed by atoms with van der Waals surface area (Å²) in [5.74, 6) is 2.44. The fraction of sp³-hybridized carbons (Fsp3) is 0.781. The van der Waals surface area contributed by atoms with Gasteiger partial charge in [0, 0.05) is 0 Å². The van der Waals surface area contributed by atoms with E-state index in [2.05, 4.69) is 44.2 Å². The van der Waals surface area contributed by atoms with Crippen molar-refractivity contribution in [2.45, 2.75) is 111 Å². The van der Waals surface area contributed by atoms with Crippen LogP contribution in [0, 0.1) is 39.9 Å². The Morgan fingerprint density at radius 2 is 1.69 bits per heavy atom. The summed E-state index contributed by atoms with van der Waals surface area (Å²) in [6.45, 7) is 11.7. The van der Waals surface area contributed by atoms with Crippen LogP contribution in [0.1, 0.15) is 98.0 Å². The molecule has 5 rings (SSSR count). The first-order chi connectivity index (χ1) is 17.0. The highest BCUT2D eigenvalue weighted by atomic mass is 16.5. The van der Waals surface area contributed by atoms with Gasteiger partial charge in [-0.05, 0) is 119 Å². The van der Waals surface area contributed by atoms with Gasteiger partial charge in [0.05, 0.1) is 30.3 Å². The van der Waals surface area contributed by atoms with Crippen molar-refractivity contribution in [1.82, 2.24) is 0 Å². The van der Waals surface area contributed by atoms with Crippen molar-refractivity contribution in [3.63, 3.8) is 0 Å². The third-order valence-corrected chi connectivity index (χ3v) is 11.9. The number of aliphatic hydroxyl groups is 1. The van der Waals surface area contributed by atoms with Crippen molar-refractivity contribution >= 4 is 5.97 Å². The molecular weight excluding hydrogens is 448 g/mol. The lowest BCUT2D eigenvalue weighted by Crippen LogP contribution is -2.60. The van der Waals surface area contributed by atoms with Crippen LogP contribution in [0.2, 0.25) is 0 Å². The zero-order valence-electron chi connectivity index (χ0n) is 23.2. The van der Waals surface area contributed by atoms with E-state index in [1.54, 1.807) is 0 Å². The van der Waals surface area contributed by atoms with Crippen molar-refractivity contribution in [2.75, 3.05) is 6.61 Å². The summed E-state index contributed by atoms with van der Waals surface area (Å²) >= 11 is 0. The third-order valence-electron chi connectivity index (χ3n) is 11.9. The van der Waals surface area contributed by atoms with E-state index in [9.17, 15) is 9.90 Å². The Labute approximate surface area is 218 Å². The molecular formula is C32H48O4. The van der Waals surface area contributed by atoms with Crippen LogP contribution >= 0.6 is 0 Å². The van der Waals surface area contributed by atoms with Crippen molar-refractivity contribution < 1.29 is 19.4 Å². The number of benzene rings is 1. The van der Waals surface area contributed by atoms with E-state index in [4.69, 9.17) is 9.47 Å². The van der Waals surface area contributed by atoms with Gasteiger partial charge >= 0.3 is 5.97 Å². The minimum atomic E-state index is -0.983. The molecule has 1 N–H and O–H groups in total. The Bertz CT molecular complexity index is 943. The molecule has 0 unspecified atom stereocenters. The Balaban J connectivity index is 1.29. The van der Waals surface area contributed by atoms with Crippen LogP contribution in [0.25, 0.3) is 0 Å². The SMILES string of the molecule is CCOC(=O)C(C)(C)[C@]1(O)CC[C@@]2(C)[C@@H](CC[C@H]3[C@H]2CC[C@]2(C)[C@@H](OCc4ccccc4)CC[C@H]32)C1. The van der Waals surface area contributed by atoms with E-state index in [-0.39, 0.29) is 16.8 Å². The van der Waals surface area contributed by atoms with E-state index in [1.165, 1.54) is 44.1 Å². The molecule has 36 heavy (non-hydrogen) atoms. The van der Waals surface area contributed by atoms with Gasteiger partial charge in [-0.2, -0.15) is 0 Å². The summed E-state index contributed by atoms with van der Waals surface area (Å²) in [5.41, 5.74) is -0.0544. The average Bonchev–Trinajstić information content (AvgIpc) is 3.20. The predicted octanol–water partition coefficient (Wildman–Crippen LogP) is 6.93. The molecule has 200 valence electrons. The molecule has 4 aliphatic rings. The highest BCUT2D eigenvalue weighted by molar-refractivity contribution is 5.77. The number of rotatable bonds is 6. The van der Waals surface area contributed by atoms with Gasteiger partial charge in [0.1, 0.15) is 0 Å². The normalized spacial score (nSPS) is 42.2. The molecule has 0 bridgehead atoms. The largest absolute Gasteiger partial charge is 0.465 e. The second-order valence-electron chi connectivity index (χ2n) is 13.6. The van der Waals surface area contributed by atoms with Crippen LogP contribution in [0.3, 0.4) is 0 Å². The molecule has 0 radical (unpaired) electrons. The van der Waals surface area contributed by atoms with E-state index in [0.29, 0.717) is 25.0 Å². The maximum absolute atomic E-state index is 12.8. The monoisotopic (exact) mass is 496 g/mol. The molecule has 0 heterocycles. The molecule has 0 amide bonds. The van der Waals surface area contributed by atoms with Gasteiger partial charge in [-0.1, -0.05) is 44.2 Å². The van der Waals surface area contributed by atoms with E-state index in [0.717, 1.165) is 37.2 Å². The Hall–Kier alpha value is -1.39. The average molecular weight is 497 g/mol. The first kappa shape index (κ1) is 26.2. The van der Waals surface area contributed by atoms with Crippen LogP contribution in [-0.2, 0) is 20.9 Å². The first-order valence-corrected chi connectivity index (χ1v) is 14.6. The van der Waals surface area contributed by atoms with Gasteiger partial charge < -0.3 is 14.6 Å². The zero-order chi connectivity index (χ0) is 25.8. The molecule has 4 aliphatic carbocycles. The summed E-state index contributed by atoms with van der Waals surface area (Å²) in [6, 6.07) is 10.6. The second kappa shape index (κ2) is 9.42. The number of fused-ring (bicyclic) bond motifs is 5. The fourth-order valence-corrected chi connectivity index (χ4v) is 9.31. The Morgan fingerprint density at radius 1 is 0.972 bits per heavy atom. The summed E-state index contributed by atoms with van der Waals surface area (Å²) in [4.78, 5) is 12.8. The highest BCUT2D eigenvalue weighted by Crippen LogP contribution is 2.68. The lowest BCUT2D eigenvalue weighted by Gasteiger charge is -2.63. The fourth-order valence-electron chi connectivity index (χ4n) is 9.31. The molecule has 8 atom stereocenters. The zero-order valence-corrected chi connectivity index (χ0v) is 23.2. The molecule has 1 aromatic rings. The smallest absolute Gasteiger partial charge is 0.314 e. The molecule has 4 saturated carbocycles. The number of carbonyl (C=O) groups is 1. The van der Waals surface area contributed by atoms with E-state index in [1.807, 2.05) is 20.8 Å². The standard InChI is InChI=1S/C32H48O4/c1-6-35-28(33)29(2,3)32(34)19-18-30(4)23(20-32)12-13-24-25-14-15-27(31(25,5)17-16-26(24)30)36-21-22-10-8-7-9-11-22/h7-11,23-27,34H,6,12-21H2,1-5H3/t23-,24+,25+,26+,27-,30-,31-,32-/m0/s1. The summed E-state index contributed by atoms with van der Waals surface area (Å²) in [5, 5.41) is 11.8. The Morgan fingerprint density at radius 3 is 2.42 bits per heavy atom. The van der Waals surface area contributed by atoms with Crippen LogP contribution < -0.4 is 0 Å². The van der Waals surface area contributed by atoms with Crippen molar-refractivity contribution in [3.05, 3.63) is 35.9 Å². The van der Waals surface area contributed by atoms with Gasteiger partial charge in [0.15, 0.2) is 0 Å². The van der Waals surface area contributed by atoms with Crippen LogP contribution in [-0.4, -0.2) is 29.4 Å². The van der Waals surface area contributed by atoms with Gasteiger partial charge in [-0.3, -0.25) is 4.79 Å². The van der Waals surface area contributed by atoms with Gasteiger partial charge in [0.2, 0.25) is 0 Å². The highest BCUT2D eigenvalue weighted by Gasteiger charge is 2.63. The topological polar surface area (TPSA) is 55.8 Å². The van der Waals surface area contributed by atoms with Crippen molar-refractivity contribution in [1.29, 1.82) is 0 Å². The number of esters is 1. The number of ether oxygens (including phenoxy) is 2. The van der Waals surface area contributed by atoms with Gasteiger partial charge in [0.25, 0.3) is 0 Å². The molecule has 0 spiro atoms. The van der Waals surface area contributed by atoms with Gasteiger partial charge in [-0.15, -0.1) is 0 Å². The third kappa shape index (κ3) is 4.06. The molecule has 0 aromatic heterocycles. The molecule has 4 nitrogen and oxygen atoms in total. The van der Waals surface area contributed by atoms with Crippen molar-refractivity contribution in [2.24, 2.45) is 39.9 Å². The minimum Gasteiger partial charge on any atom is -0.465 e. The maximum Gasteiger partial charge on any atom is 0.314 e. The predicted molar refractivity (Wildman–Crippen MR) is 142 cm³/mol.